The molecule has 0 unspecified atom stereocenters. The molecule has 0 saturated heterocycles. The van der Waals surface area contributed by atoms with Crippen LogP contribution in [-0.4, -0.2) is 15.5 Å². The Balaban J connectivity index is 2.16. The Bertz CT molecular complexity index is 787. The highest BCUT2D eigenvalue weighted by atomic mass is 16.2. The van der Waals surface area contributed by atoms with Gasteiger partial charge in [-0.15, -0.1) is 0 Å². The average molecular weight is 282 g/mol. The van der Waals surface area contributed by atoms with E-state index < -0.39 is 5.69 Å². The fourth-order valence-corrected chi connectivity index (χ4v) is 1.98. The van der Waals surface area contributed by atoms with Crippen LogP contribution in [-0.2, 0) is 11.3 Å². The normalized spacial score (nSPS) is 9.95. The van der Waals surface area contributed by atoms with Gasteiger partial charge in [0.25, 0.3) is 0 Å². The zero-order valence-electron chi connectivity index (χ0n) is 11.8. The second kappa shape index (κ2) is 6.01. The van der Waals surface area contributed by atoms with Crippen LogP contribution >= 0.6 is 0 Å². The van der Waals surface area contributed by atoms with Gasteiger partial charge in [0, 0.05) is 17.1 Å². The minimum Gasteiger partial charge on any atom is -0.324 e. The lowest BCUT2D eigenvalue weighted by Gasteiger charge is -2.10. The number of nitrogens with one attached hydrogen (secondary N) is 1. The van der Waals surface area contributed by atoms with Crippen molar-refractivity contribution in [1.29, 1.82) is 5.26 Å². The topological polar surface area (TPSA) is 87.8 Å². The molecule has 1 aromatic heterocycles. The summed E-state index contributed by atoms with van der Waals surface area (Å²) in [5, 5.41) is 11.5. The maximum Gasteiger partial charge on any atom is 0.348 e. The predicted octanol–water partition coefficient (Wildman–Crippen LogP) is 1.37. The van der Waals surface area contributed by atoms with Crippen molar-refractivity contribution in [2.24, 2.45) is 0 Å². The number of hydrogen-bond acceptors (Lipinski definition) is 4. The number of rotatable bonds is 3. The number of nitriles is 1. The number of carbonyl (C=O) groups is 1. The largest absolute Gasteiger partial charge is 0.348 e. The van der Waals surface area contributed by atoms with Crippen LogP contribution in [0.25, 0.3) is 0 Å². The fraction of sp³-hybridized carbons (Fsp3) is 0.200. The fourth-order valence-electron chi connectivity index (χ4n) is 1.98. The number of aromatic nitrogens is 2. The second-order valence-electron chi connectivity index (χ2n) is 4.65. The highest BCUT2D eigenvalue weighted by molar-refractivity contribution is 5.90. The second-order valence-corrected chi connectivity index (χ2v) is 4.65. The van der Waals surface area contributed by atoms with Crippen molar-refractivity contribution in [1.82, 2.24) is 9.55 Å². The number of hydrogen-bond donors (Lipinski definition) is 1. The monoisotopic (exact) mass is 282 g/mol. The van der Waals surface area contributed by atoms with E-state index in [4.69, 9.17) is 5.26 Å². The SMILES string of the molecule is Cc1cc(C)n(CC(=O)Nc2cccc(C#N)c2)c(=O)n1. The maximum absolute atomic E-state index is 12.0. The lowest BCUT2D eigenvalue weighted by atomic mass is 10.2. The molecule has 1 aromatic carbocycles. The van der Waals surface area contributed by atoms with Crippen LogP contribution in [0.4, 0.5) is 5.69 Å². The van der Waals surface area contributed by atoms with Gasteiger partial charge in [-0.3, -0.25) is 9.36 Å². The zero-order valence-corrected chi connectivity index (χ0v) is 11.8. The highest BCUT2D eigenvalue weighted by Gasteiger charge is 2.09. The number of benzene rings is 1. The summed E-state index contributed by atoms with van der Waals surface area (Å²) in [6.07, 6.45) is 0. The van der Waals surface area contributed by atoms with Crippen LogP contribution in [0.5, 0.6) is 0 Å². The Morgan fingerprint density at radius 3 is 2.81 bits per heavy atom. The van der Waals surface area contributed by atoms with Gasteiger partial charge in [0.1, 0.15) is 6.54 Å². The quantitative estimate of drug-likeness (QED) is 0.921. The van der Waals surface area contributed by atoms with Gasteiger partial charge in [0.15, 0.2) is 0 Å². The van der Waals surface area contributed by atoms with Crippen molar-refractivity contribution in [3.63, 3.8) is 0 Å². The molecule has 6 nitrogen and oxygen atoms in total. The number of carbonyl (C=O) groups excluding carboxylic acids is 1. The molecule has 0 bridgehead atoms. The molecular formula is C15H14N4O2. The van der Waals surface area contributed by atoms with Crippen LogP contribution < -0.4 is 11.0 Å². The molecule has 1 N–H and O–H groups in total. The molecule has 21 heavy (non-hydrogen) atoms. The number of aryl methyl sites for hydroxylation is 2. The maximum atomic E-state index is 12.0. The molecule has 1 amide bonds. The predicted molar refractivity (Wildman–Crippen MR) is 77.8 cm³/mol. The van der Waals surface area contributed by atoms with Crippen molar-refractivity contribution in [3.05, 3.63) is 57.8 Å². The Labute approximate surface area is 121 Å². The van der Waals surface area contributed by atoms with Crippen molar-refractivity contribution in [2.75, 3.05) is 5.32 Å². The van der Waals surface area contributed by atoms with Crippen LogP contribution in [0.2, 0.25) is 0 Å². The van der Waals surface area contributed by atoms with E-state index in [1.807, 2.05) is 6.07 Å². The van der Waals surface area contributed by atoms with Gasteiger partial charge >= 0.3 is 5.69 Å². The molecule has 0 aliphatic heterocycles. The number of anilines is 1. The lowest BCUT2D eigenvalue weighted by Crippen LogP contribution is -2.31. The summed E-state index contributed by atoms with van der Waals surface area (Å²) >= 11 is 0. The summed E-state index contributed by atoms with van der Waals surface area (Å²) in [4.78, 5) is 27.6. The lowest BCUT2D eigenvalue weighted by molar-refractivity contribution is -0.116. The molecule has 2 aromatic rings. The Kier molecular flexibility index (Phi) is 4.14. The summed E-state index contributed by atoms with van der Waals surface area (Å²) in [6.45, 7) is 3.36. The van der Waals surface area contributed by atoms with E-state index in [1.165, 1.54) is 4.57 Å². The standard InChI is InChI=1S/C15H14N4O2/c1-10-6-11(2)19(15(21)17-10)9-14(20)18-13-5-3-4-12(7-13)8-16/h3-7H,9H2,1-2H3,(H,18,20). The minimum absolute atomic E-state index is 0.116. The number of nitrogens with zero attached hydrogens (tertiary/aromatic N) is 3. The molecule has 0 spiro atoms. The summed E-state index contributed by atoms with van der Waals surface area (Å²) in [5.41, 5.74) is 1.82. The van der Waals surface area contributed by atoms with Gasteiger partial charge in [-0.05, 0) is 38.1 Å². The van der Waals surface area contributed by atoms with Gasteiger partial charge in [-0.1, -0.05) is 6.07 Å². The van der Waals surface area contributed by atoms with E-state index in [1.54, 1.807) is 44.2 Å². The van der Waals surface area contributed by atoms with Crippen molar-refractivity contribution >= 4 is 11.6 Å². The van der Waals surface area contributed by atoms with E-state index in [0.29, 0.717) is 22.6 Å². The summed E-state index contributed by atoms with van der Waals surface area (Å²) in [7, 11) is 0. The first-order chi connectivity index (χ1) is 9.99. The van der Waals surface area contributed by atoms with E-state index in [-0.39, 0.29) is 12.5 Å². The molecule has 0 saturated carbocycles. The molecule has 6 heteroatoms. The van der Waals surface area contributed by atoms with E-state index in [2.05, 4.69) is 10.3 Å². The third kappa shape index (κ3) is 3.54. The van der Waals surface area contributed by atoms with Crippen molar-refractivity contribution < 1.29 is 4.79 Å². The highest BCUT2D eigenvalue weighted by Crippen LogP contribution is 2.09. The van der Waals surface area contributed by atoms with Gasteiger partial charge in [0.05, 0.1) is 11.6 Å². The third-order valence-electron chi connectivity index (χ3n) is 2.92. The molecule has 2 rings (SSSR count). The van der Waals surface area contributed by atoms with Crippen molar-refractivity contribution in [2.45, 2.75) is 20.4 Å². The first kappa shape index (κ1) is 14.5. The Hall–Kier alpha value is -2.94. The van der Waals surface area contributed by atoms with E-state index in [0.717, 1.165) is 0 Å². The average Bonchev–Trinajstić information content (AvgIpc) is 2.43. The molecule has 106 valence electrons. The molecule has 0 fully saturated rings. The summed E-state index contributed by atoms with van der Waals surface area (Å²) in [6, 6.07) is 10.3. The molecule has 1 heterocycles. The summed E-state index contributed by atoms with van der Waals surface area (Å²) < 4.78 is 1.30. The molecular weight excluding hydrogens is 268 g/mol. The first-order valence-electron chi connectivity index (χ1n) is 6.34. The van der Waals surface area contributed by atoms with Crippen LogP contribution in [0, 0.1) is 25.2 Å². The first-order valence-corrected chi connectivity index (χ1v) is 6.34. The number of amides is 1. The van der Waals surface area contributed by atoms with Gasteiger partial charge < -0.3 is 5.32 Å². The molecule has 0 aliphatic carbocycles. The van der Waals surface area contributed by atoms with Crippen LogP contribution in [0.15, 0.2) is 35.1 Å². The zero-order chi connectivity index (χ0) is 15.4. The molecule has 0 radical (unpaired) electrons. The molecule has 0 aliphatic rings. The van der Waals surface area contributed by atoms with E-state index >= 15 is 0 Å². The van der Waals surface area contributed by atoms with E-state index in [9.17, 15) is 9.59 Å². The van der Waals surface area contributed by atoms with Crippen molar-refractivity contribution in [3.8, 4) is 6.07 Å². The van der Waals surface area contributed by atoms with Gasteiger partial charge in [0.2, 0.25) is 5.91 Å². The smallest absolute Gasteiger partial charge is 0.324 e. The Morgan fingerprint density at radius 2 is 2.14 bits per heavy atom. The van der Waals surface area contributed by atoms with Crippen LogP contribution in [0.1, 0.15) is 17.0 Å². The Morgan fingerprint density at radius 1 is 1.38 bits per heavy atom. The molecule has 0 atom stereocenters. The van der Waals surface area contributed by atoms with Crippen LogP contribution in [0.3, 0.4) is 0 Å². The minimum atomic E-state index is -0.451. The summed E-state index contributed by atoms with van der Waals surface area (Å²) in [5.74, 6) is -0.346. The van der Waals surface area contributed by atoms with Gasteiger partial charge in [-0.2, -0.15) is 10.2 Å². The third-order valence-corrected chi connectivity index (χ3v) is 2.92. The van der Waals surface area contributed by atoms with Gasteiger partial charge in [-0.25, -0.2) is 4.79 Å².